The number of thiophene rings is 1. The van der Waals surface area contributed by atoms with Crippen LogP contribution in [0.4, 0.5) is 16.5 Å². The molecule has 1 aliphatic rings. The number of amides is 3. The monoisotopic (exact) mass is 415 g/mol. The Morgan fingerprint density at radius 1 is 1.24 bits per heavy atom. The van der Waals surface area contributed by atoms with E-state index in [1.54, 1.807) is 17.9 Å². The number of hydrogen-bond acceptors (Lipinski definition) is 6. The molecule has 1 saturated heterocycles. The van der Waals surface area contributed by atoms with E-state index in [0.29, 0.717) is 24.0 Å². The van der Waals surface area contributed by atoms with Gasteiger partial charge in [0.1, 0.15) is 5.82 Å². The summed E-state index contributed by atoms with van der Waals surface area (Å²) in [7, 11) is 0. The molecule has 2 aromatic rings. The van der Waals surface area contributed by atoms with Gasteiger partial charge in [0, 0.05) is 18.3 Å². The van der Waals surface area contributed by atoms with Gasteiger partial charge in [0.15, 0.2) is 0 Å². The molecule has 4 N–H and O–H groups in total. The molecule has 0 aromatic carbocycles. The number of carbonyl (C=O) groups is 3. The van der Waals surface area contributed by atoms with Crippen molar-refractivity contribution in [2.75, 3.05) is 22.9 Å². The van der Waals surface area contributed by atoms with E-state index >= 15 is 0 Å². The van der Waals surface area contributed by atoms with Gasteiger partial charge in [-0.25, -0.2) is 4.98 Å². The highest BCUT2D eigenvalue weighted by Gasteiger charge is 2.35. The summed E-state index contributed by atoms with van der Waals surface area (Å²) < 4.78 is 0. The molecule has 2 aromatic heterocycles. The molecule has 3 rings (SSSR count). The molecule has 1 fully saturated rings. The van der Waals surface area contributed by atoms with E-state index in [-0.39, 0.29) is 11.9 Å². The number of anilines is 3. The molecule has 1 unspecified atom stereocenters. The van der Waals surface area contributed by atoms with E-state index in [1.165, 1.54) is 24.5 Å². The summed E-state index contributed by atoms with van der Waals surface area (Å²) in [6.45, 7) is 5.81. The van der Waals surface area contributed by atoms with E-state index in [1.807, 2.05) is 12.1 Å². The zero-order valence-electron chi connectivity index (χ0n) is 16.7. The number of carbonyl (C=O) groups excluding carboxylic acids is 3. The first-order valence-electron chi connectivity index (χ1n) is 9.46. The van der Waals surface area contributed by atoms with Crippen LogP contribution in [0.3, 0.4) is 0 Å². The van der Waals surface area contributed by atoms with E-state index < -0.39 is 11.8 Å². The van der Waals surface area contributed by atoms with Crippen molar-refractivity contribution in [3.8, 4) is 0 Å². The lowest BCUT2D eigenvalue weighted by Gasteiger charge is -2.37. The van der Waals surface area contributed by atoms with Crippen LogP contribution in [-0.4, -0.2) is 34.2 Å². The van der Waals surface area contributed by atoms with Gasteiger partial charge in [-0.3, -0.25) is 14.4 Å². The molecule has 0 radical (unpaired) electrons. The molecule has 0 aliphatic carbocycles. The van der Waals surface area contributed by atoms with Crippen molar-refractivity contribution in [3.05, 3.63) is 34.8 Å². The number of likely N-dealkylation sites (tertiary alicyclic amines) is 1. The van der Waals surface area contributed by atoms with Gasteiger partial charge in [-0.15, -0.1) is 11.3 Å². The van der Waals surface area contributed by atoms with Gasteiger partial charge >= 0.3 is 11.8 Å². The number of piperidine rings is 1. The van der Waals surface area contributed by atoms with Crippen LogP contribution in [0, 0.1) is 12.8 Å². The van der Waals surface area contributed by atoms with Crippen LogP contribution >= 0.6 is 11.3 Å². The molecule has 8 nitrogen and oxygen atoms in total. The standard InChI is InChI=1S/C20H25N5O3S/c1-11-4-5-15(16-6-7-17(29-16)23-13(3)26)25(10-11)20(28)19(27)24-14-8-12(2)18(21)22-9-14/h6-9,11,15H,4-5,10H2,1-3H3,(H2,21,22)(H,23,26)(H,24,27)/t11-,15?/m0/s1. The molecule has 29 heavy (non-hydrogen) atoms. The van der Waals surface area contributed by atoms with Gasteiger partial charge in [0.25, 0.3) is 0 Å². The molecule has 2 atom stereocenters. The number of nitrogens with one attached hydrogen (secondary N) is 2. The summed E-state index contributed by atoms with van der Waals surface area (Å²) in [5.74, 6) is -0.736. The molecule has 3 heterocycles. The minimum absolute atomic E-state index is 0.143. The van der Waals surface area contributed by atoms with Crippen LogP contribution in [0.15, 0.2) is 24.4 Å². The first kappa shape index (κ1) is 20.8. The van der Waals surface area contributed by atoms with Gasteiger partial charge in [0.05, 0.1) is 22.9 Å². The van der Waals surface area contributed by atoms with Gasteiger partial charge in [-0.1, -0.05) is 6.92 Å². The zero-order chi connectivity index (χ0) is 21.1. The summed E-state index contributed by atoms with van der Waals surface area (Å²) in [5.41, 5.74) is 6.86. The van der Waals surface area contributed by atoms with E-state index in [2.05, 4.69) is 22.5 Å². The minimum Gasteiger partial charge on any atom is -0.383 e. The van der Waals surface area contributed by atoms with Gasteiger partial charge in [0.2, 0.25) is 5.91 Å². The van der Waals surface area contributed by atoms with Crippen LogP contribution in [0.25, 0.3) is 0 Å². The fourth-order valence-electron chi connectivity index (χ4n) is 3.41. The number of nitrogens with two attached hydrogens (primary N) is 1. The third-order valence-electron chi connectivity index (χ3n) is 4.90. The average molecular weight is 416 g/mol. The second kappa shape index (κ2) is 8.60. The number of aryl methyl sites for hydroxylation is 1. The molecule has 154 valence electrons. The van der Waals surface area contributed by atoms with E-state index in [0.717, 1.165) is 28.3 Å². The number of hydrogen-bond donors (Lipinski definition) is 3. The topological polar surface area (TPSA) is 117 Å². The third-order valence-corrected chi connectivity index (χ3v) is 6.01. The number of nitrogens with zero attached hydrogens (tertiary/aromatic N) is 2. The number of nitrogen functional groups attached to an aromatic ring is 1. The zero-order valence-corrected chi connectivity index (χ0v) is 17.5. The highest BCUT2D eigenvalue weighted by atomic mass is 32.1. The lowest BCUT2D eigenvalue weighted by Crippen LogP contribution is -2.46. The Morgan fingerprint density at radius 2 is 2.00 bits per heavy atom. The maximum Gasteiger partial charge on any atom is 0.313 e. The predicted octanol–water partition coefficient (Wildman–Crippen LogP) is 2.93. The Bertz CT molecular complexity index is 942. The lowest BCUT2D eigenvalue weighted by molar-refractivity contribution is -0.146. The first-order valence-corrected chi connectivity index (χ1v) is 10.3. The van der Waals surface area contributed by atoms with Gasteiger partial charge in [-0.05, 0) is 49.4 Å². The summed E-state index contributed by atoms with van der Waals surface area (Å²) in [4.78, 5) is 43.5. The summed E-state index contributed by atoms with van der Waals surface area (Å²) >= 11 is 1.43. The third kappa shape index (κ3) is 4.92. The van der Waals surface area contributed by atoms with Crippen LogP contribution in [0.5, 0.6) is 0 Å². The molecular formula is C20H25N5O3S. The summed E-state index contributed by atoms with van der Waals surface area (Å²) in [6.07, 6.45) is 3.16. The van der Waals surface area contributed by atoms with Crippen LogP contribution in [0.1, 0.15) is 43.2 Å². The highest BCUT2D eigenvalue weighted by molar-refractivity contribution is 7.16. The molecule has 0 spiro atoms. The molecule has 3 amide bonds. The second-order valence-corrected chi connectivity index (χ2v) is 8.53. The van der Waals surface area contributed by atoms with Crippen molar-refractivity contribution >= 4 is 45.6 Å². The quantitative estimate of drug-likeness (QED) is 0.666. The van der Waals surface area contributed by atoms with Crippen molar-refractivity contribution in [3.63, 3.8) is 0 Å². The van der Waals surface area contributed by atoms with Crippen LogP contribution < -0.4 is 16.4 Å². The Morgan fingerprint density at radius 3 is 2.69 bits per heavy atom. The van der Waals surface area contributed by atoms with Crippen molar-refractivity contribution in [2.45, 2.75) is 39.7 Å². The summed E-state index contributed by atoms with van der Waals surface area (Å²) in [5, 5.41) is 6.11. The van der Waals surface area contributed by atoms with Crippen molar-refractivity contribution in [2.24, 2.45) is 5.92 Å². The highest BCUT2D eigenvalue weighted by Crippen LogP contribution is 2.38. The largest absolute Gasteiger partial charge is 0.383 e. The Hall–Kier alpha value is -2.94. The second-order valence-electron chi connectivity index (χ2n) is 7.42. The van der Waals surface area contributed by atoms with Crippen LogP contribution in [0.2, 0.25) is 0 Å². The molecule has 1 aliphatic heterocycles. The van der Waals surface area contributed by atoms with E-state index in [9.17, 15) is 14.4 Å². The van der Waals surface area contributed by atoms with Gasteiger partial charge < -0.3 is 21.3 Å². The molecule has 9 heteroatoms. The fourth-order valence-corrected chi connectivity index (χ4v) is 4.52. The van der Waals surface area contributed by atoms with Crippen LogP contribution in [-0.2, 0) is 14.4 Å². The molecule has 0 bridgehead atoms. The minimum atomic E-state index is -0.700. The first-order chi connectivity index (χ1) is 13.7. The normalized spacial score (nSPS) is 18.9. The maximum absolute atomic E-state index is 13.0. The van der Waals surface area contributed by atoms with Crippen molar-refractivity contribution in [1.82, 2.24) is 9.88 Å². The fraction of sp³-hybridized carbons (Fsp3) is 0.400. The smallest absolute Gasteiger partial charge is 0.313 e. The number of pyridine rings is 1. The van der Waals surface area contributed by atoms with E-state index in [4.69, 9.17) is 5.73 Å². The predicted molar refractivity (Wildman–Crippen MR) is 113 cm³/mol. The summed E-state index contributed by atoms with van der Waals surface area (Å²) in [6, 6.07) is 5.22. The Labute approximate surface area is 173 Å². The van der Waals surface area contributed by atoms with Crippen molar-refractivity contribution in [1.29, 1.82) is 0 Å². The Kier molecular flexibility index (Phi) is 6.17. The maximum atomic E-state index is 13.0. The van der Waals surface area contributed by atoms with Crippen molar-refractivity contribution < 1.29 is 14.4 Å². The number of aromatic nitrogens is 1. The molecular weight excluding hydrogens is 390 g/mol. The number of rotatable bonds is 3. The average Bonchev–Trinajstić information content (AvgIpc) is 3.11. The lowest BCUT2D eigenvalue weighted by atomic mass is 9.93. The Balaban J connectivity index is 1.77. The van der Waals surface area contributed by atoms with Gasteiger partial charge in [-0.2, -0.15) is 0 Å². The SMILES string of the molecule is CC(=O)Nc1ccc(C2CC[C@H](C)CN2C(=O)C(=O)Nc2cnc(N)c(C)c2)s1. The molecule has 0 saturated carbocycles.